The molecule has 0 radical (unpaired) electrons. The second-order valence-electron chi connectivity index (χ2n) is 7.23. The van der Waals surface area contributed by atoms with Crippen molar-refractivity contribution in [3.05, 3.63) is 35.9 Å². The number of carbonyl (C=O) groups excluding carboxylic acids is 2. The minimum atomic E-state index is -0.406. The lowest BCUT2D eigenvalue weighted by Gasteiger charge is -2.38. The Morgan fingerprint density at radius 3 is 2.52 bits per heavy atom. The first-order valence-electron chi connectivity index (χ1n) is 8.96. The standard InChI is InChI=1S/C19H24N2O4/c1-24-18-14-7-8-15(18)10-20(9-14)17(22)11-21-16(12-25-19(21)23)13-5-3-2-4-6-13/h2-6,14-16,18H,7-12H2,1H3/t14-,15+,16-,18?/m1/s1. The van der Waals surface area contributed by atoms with Gasteiger partial charge in [-0.3, -0.25) is 9.69 Å². The van der Waals surface area contributed by atoms with Crippen molar-refractivity contribution in [3.63, 3.8) is 0 Å². The molecule has 1 aromatic carbocycles. The molecule has 4 rings (SSSR count). The highest BCUT2D eigenvalue weighted by molar-refractivity contribution is 5.83. The number of benzene rings is 1. The zero-order valence-electron chi connectivity index (χ0n) is 14.5. The van der Waals surface area contributed by atoms with E-state index in [4.69, 9.17) is 9.47 Å². The summed E-state index contributed by atoms with van der Waals surface area (Å²) >= 11 is 0. The van der Waals surface area contributed by atoms with Crippen LogP contribution < -0.4 is 0 Å². The lowest BCUT2D eigenvalue weighted by molar-refractivity contribution is -0.137. The van der Waals surface area contributed by atoms with E-state index in [0.717, 1.165) is 31.5 Å². The van der Waals surface area contributed by atoms with Crippen LogP contribution in [0, 0.1) is 11.8 Å². The molecular weight excluding hydrogens is 320 g/mol. The summed E-state index contributed by atoms with van der Waals surface area (Å²) in [5.74, 6) is 0.845. The molecule has 6 heteroatoms. The number of cyclic esters (lactones) is 1. The average molecular weight is 344 g/mol. The molecule has 2 bridgehead atoms. The zero-order valence-corrected chi connectivity index (χ0v) is 14.5. The Morgan fingerprint density at radius 2 is 1.88 bits per heavy atom. The SMILES string of the molecule is COC1[C@@H]2CC[C@H]1CN(C(=O)CN1C(=O)OC[C@@H]1c1ccccc1)C2. The molecule has 0 N–H and O–H groups in total. The van der Waals surface area contributed by atoms with Crippen LogP contribution in [0.3, 0.4) is 0 Å². The Labute approximate surface area is 147 Å². The van der Waals surface area contributed by atoms with Crippen molar-refractivity contribution < 1.29 is 19.1 Å². The van der Waals surface area contributed by atoms with Gasteiger partial charge in [-0.25, -0.2) is 4.79 Å². The Bertz CT molecular complexity index is 636. The number of carbonyl (C=O) groups is 2. The second-order valence-corrected chi connectivity index (χ2v) is 7.23. The molecule has 4 atom stereocenters. The zero-order chi connectivity index (χ0) is 17.4. The molecule has 25 heavy (non-hydrogen) atoms. The third-order valence-corrected chi connectivity index (χ3v) is 5.84. The van der Waals surface area contributed by atoms with Crippen molar-refractivity contribution in [1.29, 1.82) is 0 Å². The van der Waals surface area contributed by atoms with Crippen molar-refractivity contribution in [2.45, 2.75) is 25.0 Å². The van der Waals surface area contributed by atoms with Crippen LogP contribution in [0.5, 0.6) is 0 Å². The van der Waals surface area contributed by atoms with Gasteiger partial charge < -0.3 is 14.4 Å². The quantitative estimate of drug-likeness (QED) is 0.839. The van der Waals surface area contributed by atoms with Gasteiger partial charge in [-0.2, -0.15) is 0 Å². The monoisotopic (exact) mass is 344 g/mol. The van der Waals surface area contributed by atoms with E-state index in [9.17, 15) is 9.59 Å². The predicted octanol–water partition coefficient (Wildman–Crippen LogP) is 2.06. The van der Waals surface area contributed by atoms with E-state index in [1.165, 1.54) is 0 Å². The molecule has 2 heterocycles. The van der Waals surface area contributed by atoms with Gasteiger partial charge in [-0.15, -0.1) is 0 Å². The van der Waals surface area contributed by atoms with Gasteiger partial charge in [0.05, 0.1) is 12.1 Å². The summed E-state index contributed by atoms with van der Waals surface area (Å²) in [6, 6.07) is 9.55. The molecule has 1 unspecified atom stereocenters. The number of fused-ring (bicyclic) bond motifs is 2. The van der Waals surface area contributed by atoms with Crippen LogP contribution in [0.4, 0.5) is 4.79 Å². The van der Waals surface area contributed by atoms with Gasteiger partial charge in [0.2, 0.25) is 5.91 Å². The van der Waals surface area contributed by atoms with Gasteiger partial charge in [0.25, 0.3) is 0 Å². The van der Waals surface area contributed by atoms with Gasteiger partial charge >= 0.3 is 6.09 Å². The maximum absolute atomic E-state index is 12.8. The smallest absolute Gasteiger partial charge is 0.410 e. The molecule has 2 amide bonds. The largest absolute Gasteiger partial charge is 0.447 e. The maximum atomic E-state index is 12.8. The van der Waals surface area contributed by atoms with Crippen molar-refractivity contribution in [3.8, 4) is 0 Å². The van der Waals surface area contributed by atoms with Crippen LogP contribution in [-0.4, -0.2) is 61.3 Å². The molecule has 0 spiro atoms. The fraction of sp³-hybridized carbons (Fsp3) is 0.579. The van der Waals surface area contributed by atoms with Gasteiger partial charge in [-0.05, 0) is 18.4 Å². The van der Waals surface area contributed by atoms with Crippen LogP contribution >= 0.6 is 0 Å². The molecular formula is C19H24N2O4. The third-order valence-electron chi connectivity index (χ3n) is 5.84. The first kappa shape index (κ1) is 16.4. The minimum absolute atomic E-state index is 0.00577. The predicted molar refractivity (Wildman–Crippen MR) is 90.8 cm³/mol. The Morgan fingerprint density at radius 1 is 1.20 bits per heavy atom. The molecule has 3 aliphatic rings. The first-order valence-corrected chi connectivity index (χ1v) is 8.96. The van der Waals surface area contributed by atoms with Crippen LogP contribution in [0.1, 0.15) is 24.4 Å². The maximum Gasteiger partial charge on any atom is 0.410 e. The highest BCUT2D eigenvalue weighted by Gasteiger charge is 2.44. The van der Waals surface area contributed by atoms with Crippen LogP contribution in [-0.2, 0) is 14.3 Å². The summed E-state index contributed by atoms with van der Waals surface area (Å²) in [5, 5.41) is 0. The van der Waals surface area contributed by atoms with Crippen LogP contribution in [0.25, 0.3) is 0 Å². The van der Waals surface area contributed by atoms with E-state index in [1.54, 1.807) is 12.0 Å². The van der Waals surface area contributed by atoms with Gasteiger partial charge in [0.1, 0.15) is 13.2 Å². The van der Waals surface area contributed by atoms with Crippen molar-refractivity contribution >= 4 is 12.0 Å². The molecule has 6 nitrogen and oxygen atoms in total. The van der Waals surface area contributed by atoms with E-state index in [1.807, 2.05) is 35.2 Å². The lowest BCUT2D eigenvalue weighted by Crippen LogP contribution is -2.51. The van der Waals surface area contributed by atoms with E-state index in [0.29, 0.717) is 18.4 Å². The Kier molecular flexibility index (Phi) is 4.37. The normalized spacial score (nSPS) is 31.3. The topological polar surface area (TPSA) is 59.1 Å². The number of ether oxygens (including phenoxy) is 2. The fourth-order valence-corrected chi connectivity index (χ4v) is 4.58. The number of hydrogen-bond acceptors (Lipinski definition) is 4. The summed E-state index contributed by atoms with van der Waals surface area (Å²) in [6.07, 6.45) is 2.10. The van der Waals surface area contributed by atoms with E-state index < -0.39 is 6.09 Å². The second kappa shape index (κ2) is 6.67. The number of piperidine rings is 1. The average Bonchev–Trinajstić information content (AvgIpc) is 3.11. The van der Waals surface area contributed by atoms with E-state index >= 15 is 0 Å². The van der Waals surface area contributed by atoms with Gasteiger partial charge in [0, 0.05) is 32.0 Å². The van der Waals surface area contributed by atoms with E-state index in [2.05, 4.69) is 0 Å². The summed E-state index contributed by atoms with van der Waals surface area (Å²) in [4.78, 5) is 28.4. The van der Waals surface area contributed by atoms with Crippen molar-refractivity contribution in [1.82, 2.24) is 9.80 Å². The van der Waals surface area contributed by atoms with Gasteiger partial charge in [-0.1, -0.05) is 30.3 Å². The number of rotatable bonds is 4. The highest BCUT2D eigenvalue weighted by atomic mass is 16.6. The van der Waals surface area contributed by atoms with Crippen LogP contribution in [0.2, 0.25) is 0 Å². The molecule has 134 valence electrons. The summed E-state index contributed by atoms with van der Waals surface area (Å²) in [6.45, 7) is 1.84. The summed E-state index contributed by atoms with van der Waals surface area (Å²) < 4.78 is 10.8. The first-order chi connectivity index (χ1) is 12.2. The molecule has 2 aliphatic heterocycles. The van der Waals surface area contributed by atoms with Crippen molar-refractivity contribution in [2.24, 2.45) is 11.8 Å². The molecule has 1 aromatic rings. The number of likely N-dealkylation sites (tertiary alicyclic amines) is 1. The highest BCUT2D eigenvalue weighted by Crippen LogP contribution is 2.38. The molecule has 1 aliphatic carbocycles. The number of hydrogen-bond donors (Lipinski definition) is 0. The van der Waals surface area contributed by atoms with Gasteiger partial charge in [0.15, 0.2) is 0 Å². The Balaban J connectivity index is 1.44. The number of nitrogens with zero attached hydrogens (tertiary/aromatic N) is 2. The lowest BCUT2D eigenvalue weighted by atomic mass is 9.95. The minimum Gasteiger partial charge on any atom is -0.447 e. The summed E-state index contributed by atoms with van der Waals surface area (Å²) in [5.41, 5.74) is 0.999. The van der Waals surface area contributed by atoms with Crippen LogP contribution in [0.15, 0.2) is 30.3 Å². The number of amides is 2. The number of methoxy groups -OCH3 is 1. The van der Waals surface area contributed by atoms with E-state index in [-0.39, 0.29) is 24.6 Å². The third kappa shape index (κ3) is 2.99. The Hall–Kier alpha value is -2.08. The fourth-order valence-electron chi connectivity index (χ4n) is 4.58. The van der Waals surface area contributed by atoms with Crippen molar-refractivity contribution in [2.75, 3.05) is 33.4 Å². The molecule has 3 fully saturated rings. The molecule has 0 aromatic heterocycles. The molecule has 2 saturated heterocycles. The summed E-state index contributed by atoms with van der Waals surface area (Å²) in [7, 11) is 1.76. The molecule has 1 saturated carbocycles.